The summed E-state index contributed by atoms with van der Waals surface area (Å²) >= 11 is 8.74. The van der Waals surface area contributed by atoms with Gasteiger partial charge in [0, 0.05) is 28.5 Å². The lowest BCUT2D eigenvalue weighted by Crippen LogP contribution is -2.34. The first-order valence-corrected chi connectivity index (χ1v) is 11.9. The van der Waals surface area contributed by atoms with Crippen molar-refractivity contribution in [2.24, 2.45) is 5.92 Å². The van der Waals surface area contributed by atoms with E-state index in [1.165, 1.54) is 0 Å². The molecular formula is C26H26BrN3O3S. The highest BCUT2D eigenvalue weighted by molar-refractivity contribution is 9.10. The van der Waals surface area contributed by atoms with Gasteiger partial charge < -0.3 is 15.0 Å². The Kier molecular flexibility index (Phi) is 8.79. The number of carbonyl (C=O) groups excluding carboxylic acids is 2. The average molecular weight is 540 g/mol. The van der Waals surface area contributed by atoms with E-state index in [9.17, 15) is 9.59 Å². The first-order valence-electron chi connectivity index (χ1n) is 10.7. The Hall–Kier alpha value is -3.23. The van der Waals surface area contributed by atoms with E-state index in [1.54, 1.807) is 48.3 Å². The molecule has 0 atom stereocenters. The molecule has 34 heavy (non-hydrogen) atoms. The third-order valence-corrected chi connectivity index (χ3v) is 5.50. The number of anilines is 2. The molecule has 0 aliphatic carbocycles. The smallest absolute Gasteiger partial charge is 0.261 e. The van der Waals surface area contributed by atoms with Gasteiger partial charge in [-0.25, -0.2) is 0 Å². The van der Waals surface area contributed by atoms with Crippen LogP contribution in [0.4, 0.5) is 11.4 Å². The van der Waals surface area contributed by atoms with Gasteiger partial charge >= 0.3 is 0 Å². The van der Waals surface area contributed by atoms with Gasteiger partial charge in [-0.2, -0.15) is 0 Å². The molecule has 2 amide bonds. The second kappa shape index (κ2) is 11.8. The maximum absolute atomic E-state index is 12.9. The molecule has 0 bridgehead atoms. The van der Waals surface area contributed by atoms with Crippen LogP contribution in [-0.2, 0) is 0 Å². The van der Waals surface area contributed by atoms with Crippen LogP contribution in [0.5, 0.6) is 5.75 Å². The normalized spacial score (nSPS) is 10.5. The molecule has 2 N–H and O–H groups in total. The molecule has 0 saturated carbocycles. The minimum absolute atomic E-state index is 0.112. The zero-order valence-electron chi connectivity index (χ0n) is 19.2. The van der Waals surface area contributed by atoms with Crippen LogP contribution in [0.15, 0.2) is 77.3 Å². The van der Waals surface area contributed by atoms with Crippen molar-refractivity contribution in [2.75, 3.05) is 23.9 Å². The maximum atomic E-state index is 12.9. The highest BCUT2D eigenvalue weighted by Crippen LogP contribution is 2.24. The SMILES string of the molecule is CC(C)COc1ccc(Br)cc1C(=O)NC(=S)Nc1cccc(C(=O)N(C)c2ccccc2)c1. The van der Waals surface area contributed by atoms with Crippen LogP contribution in [-0.4, -0.2) is 30.6 Å². The predicted octanol–water partition coefficient (Wildman–Crippen LogP) is 5.89. The minimum atomic E-state index is -0.395. The van der Waals surface area contributed by atoms with Crippen molar-refractivity contribution in [3.8, 4) is 5.75 Å². The van der Waals surface area contributed by atoms with E-state index in [4.69, 9.17) is 17.0 Å². The van der Waals surface area contributed by atoms with Crippen LogP contribution >= 0.6 is 28.1 Å². The van der Waals surface area contributed by atoms with Crippen LogP contribution in [0.2, 0.25) is 0 Å². The number of hydrogen-bond donors (Lipinski definition) is 2. The van der Waals surface area contributed by atoms with Crippen molar-refractivity contribution in [1.82, 2.24) is 5.32 Å². The predicted molar refractivity (Wildman–Crippen MR) is 144 cm³/mol. The molecule has 0 fully saturated rings. The summed E-state index contributed by atoms with van der Waals surface area (Å²) in [7, 11) is 1.72. The quantitative estimate of drug-likeness (QED) is 0.366. The second-order valence-electron chi connectivity index (χ2n) is 8.03. The molecule has 176 valence electrons. The monoisotopic (exact) mass is 539 g/mol. The van der Waals surface area contributed by atoms with Gasteiger partial charge in [-0.15, -0.1) is 0 Å². The number of amides is 2. The van der Waals surface area contributed by atoms with Crippen molar-refractivity contribution in [3.05, 3.63) is 88.4 Å². The van der Waals surface area contributed by atoms with E-state index in [2.05, 4.69) is 26.6 Å². The van der Waals surface area contributed by atoms with E-state index >= 15 is 0 Å². The van der Waals surface area contributed by atoms with Crippen LogP contribution in [0.25, 0.3) is 0 Å². The molecule has 0 saturated heterocycles. The van der Waals surface area contributed by atoms with Gasteiger partial charge in [0.15, 0.2) is 5.11 Å². The van der Waals surface area contributed by atoms with Crippen molar-refractivity contribution < 1.29 is 14.3 Å². The summed E-state index contributed by atoms with van der Waals surface area (Å²) in [4.78, 5) is 27.4. The van der Waals surface area contributed by atoms with Crippen molar-refractivity contribution in [1.29, 1.82) is 0 Å². The summed E-state index contributed by atoms with van der Waals surface area (Å²) in [6.45, 7) is 4.56. The molecule has 0 unspecified atom stereocenters. The molecule has 3 rings (SSSR count). The Morgan fingerprint density at radius 3 is 2.47 bits per heavy atom. The van der Waals surface area contributed by atoms with E-state index in [1.807, 2.05) is 50.2 Å². The topological polar surface area (TPSA) is 70.7 Å². The van der Waals surface area contributed by atoms with Crippen molar-refractivity contribution in [2.45, 2.75) is 13.8 Å². The first-order chi connectivity index (χ1) is 16.2. The summed E-state index contributed by atoms with van der Waals surface area (Å²) in [6.07, 6.45) is 0. The molecule has 0 aromatic heterocycles. The summed E-state index contributed by atoms with van der Waals surface area (Å²) in [5, 5.41) is 5.77. The summed E-state index contributed by atoms with van der Waals surface area (Å²) < 4.78 is 6.54. The number of nitrogens with one attached hydrogen (secondary N) is 2. The summed E-state index contributed by atoms with van der Waals surface area (Å²) in [5.74, 6) is 0.242. The van der Waals surface area contributed by atoms with E-state index in [-0.39, 0.29) is 11.0 Å². The Morgan fingerprint density at radius 1 is 1.03 bits per heavy atom. The maximum Gasteiger partial charge on any atom is 0.261 e. The van der Waals surface area contributed by atoms with Crippen molar-refractivity contribution in [3.63, 3.8) is 0 Å². The zero-order chi connectivity index (χ0) is 24.7. The van der Waals surface area contributed by atoms with Gasteiger partial charge in [-0.05, 0) is 66.7 Å². The molecule has 0 spiro atoms. The van der Waals surface area contributed by atoms with Gasteiger partial charge in [0.05, 0.1) is 12.2 Å². The Morgan fingerprint density at radius 2 is 1.76 bits per heavy atom. The standard InChI is InChI=1S/C26H26BrN3O3S/c1-17(2)16-33-23-13-12-19(27)15-22(23)24(31)29-26(34)28-20-9-7-8-18(14-20)25(32)30(3)21-10-5-4-6-11-21/h4-15,17H,16H2,1-3H3,(H2,28,29,31,34). The number of nitrogens with zero attached hydrogens (tertiary/aromatic N) is 1. The van der Waals surface area contributed by atoms with Crippen LogP contribution in [0.3, 0.4) is 0 Å². The van der Waals surface area contributed by atoms with Crippen LogP contribution in [0.1, 0.15) is 34.6 Å². The number of rotatable bonds is 7. The number of carbonyl (C=O) groups is 2. The molecule has 0 heterocycles. The lowest BCUT2D eigenvalue weighted by Gasteiger charge is -2.18. The summed E-state index contributed by atoms with van der Waals surface area (Å²) in [5.41, 5.74) is 2.23. The number of benzene rings is 3. The highest BCUT2D eigenvalue weighted by Gasteiger charge is 2.17. The van der Waals surface area contributed by atoms with Gasteiger partial charge in [-0.1, -0.05) is 54.0 Å². The van der Waals surface area contributed by atoms with Crippen molar-refractivity contribution >= 4 is 56.4 Å². The lowest BCUT2D eigenvalue weighted by atomic mass is 10.1. The molecule has 0 aliphatic rings. The highest BCUT2D eigenvalue weighted by atomic mass is 79.9. The Bertz CT molecular complexity index is 1180. The van der Waals surface area contributed by atoms with E-state index in [0.717, 1.165) is 10.2 Å². The fourth-order valence-corrected chi connectivity index (χ4v) is 3.66. The molecule has 6 nitrogen and oxygen atoms in total. The average Bonchev–Trinajstić information content (AvgIpc) is 2.82. The first kappa shape index (κ1) is 25.4. The van der Waals surface area contributed by atoms with E-state index < -0.39 is 5.91 Å². The third-order valence-electron chi connectivity index (χ3n) is 4.80. The number of halogens is 1. The van der Waals surface area contributed by atoms with Gasteiger partial charge in [0.1, 0.15) is 5.75 Å². The summed E-state index contributed by atoms with van der Waals surface area (Å²) in [6, 6.07) is 21.6. The molecule has 0 radical (unpaired) electrons. The minimum Gasteiger partial charge on any atom is -0.492 e. The van der Waals surface area contributed by atoms with Gasteiger partial charge in [0.2, 0.25) is 0 Å². The fourth-order valence-electron chi connectivity index (χ4n) is 3.09. The van der Waals surface area contributed by atoms with Gasteiger partial charge in [0.25, 0.3) is 11.8 Å². The number of hydrogen-bond acceptors (Lipinski definition) is 4. The van der Waals surface area contributed by atoms with Gasteiger partial charge in [-0.3, -0.25) is 14.9 Å². The Balaban J connectivity index is 1.68. The molecule has 0 aliphatic heterocycles. The van der Waals surface area contributed by atoms with E-state index in [0.29, 0.717) is 35.1 Å². The zero-order valence-corrected chi connectivity index (χ0v) is 21.6. The second-order valence-corrected chi connectivity index (χ2v) is 9.36. The van der Waals surface area contributed by atoms with Crippen LogP contribution in [0, 0.1) is 5.92 Å². The molecule has 8 heteroatoms. The molecule has 3 aromatic carbocycles. The third kappa shape index (κ3) is 6.88. The fraction of sp³-hybridized carbons (Fsp3) is 0.192. The largest absolute Gasteiger partial charge is 0.492 e. The number of para-hydroxylation sites is 1. The molecule has 3 aromatic rings. The number of ether oxygens (including phenoxy) is 1. The van der Waals surface area contributed by atoms with Crippen LogP contribution < -0.4 is 20.3 Å². The number of thiocarbonyl (C=S) groups is 1. The molecular weight excluding hydrogens is 514 g/mol. The Labute approximate surface area is 213 Å². The lowest BCUT2D eigenvalue weighted by molar-refractivity contribution is 0.0970.